The summed E-state index contributed by atoms with van der Waals surface area (Å²) in [6.07, 6.45) is 3.00. The Morgan fingerprint density at radius 1 is 1.18 bits per heavy atom. The number of aryl methyl sites for hydroxylation is 1. The van der Waals surface area contributed by atoms with Crippen LogP contribution in [-0.4, -0.2) is 62.3 Å². The van der Waals surface area contributed by atoms with Gasteiger partial charge in [-0.15, -0.1) is 0 Å². The molecule has 10 nitrogen and oxygen atoms in total. The topological polar surface area (TPSA) is 175 Å². The number of allylic oxidation sites excluding steroid dienone is 1. The lowest BCUT2D eigenvalue weighted by molar-refractivity contribution is -0.121. The van der Waals surface area contributed by atoms with Crippen LogP contribution >= 0.6 is 0 Å². The normalized spacial score (nSPS) is 20.2. The molecule has 0 aliphatic carbocycles. The second-order valence-electron chi connectivity index (χ2n) is 12.0. The van der Waals surface area contributed by atoms with Gasteiger partial charge in [0.2, 0.25) is 0 Å². The van der Waals surface area contributed by atoms with Crippen molar-refractivity contribution in [1.82, 2.24) is 4.90 Å². The van der Waals surface area contributed by atoms with Crippen molar-refractivity contribution in [2.24, 2.45) is 16.5 Å². The Bertz CT molecular complexity index is 1570. The van der Waals surface area contributed by atoms with Crippen LogP contribution in [0.25, 0.3) is 0 Å². The maximum atomic E-state index is 12.5. The van der Waals surface area contributed by atoms with Crippen molar-refractivity contribution in [3.8, 4) is 23.3 Å². The zero-order valence-electron chi connectivity index (χ0n) is 25.5. The molecule has 0 aromatic heterocycles. The molecule has 0 amide bonds. The van der Waals surface area contributed by atoms with Crippen molar-refractivity contribution in [3.05, 3.63) is 81.7 Å². The molecule has 238 valence electrons. The fourth-order valence-corrected chi connectivity index (χ4v) is 5.94. The zero-order chi connectivity index (χ0) is 32.1. The molecule has 4 atom stereocenters. The third kappa shape index (κ3) is 8.00. The third-order valence-corrected chi connectivity index (χ3v) is 8.41. The van der Waals surface area contributed by atoms with Gasteiger partial charge < -0.3 is 41.5 Å². The number of rotatable bonds is 12. The van der Waals surface area contributed by atoms with E-state index in [1.54, 1.807) is 18.2 Å². The van der Waals surface area contributed by atoms with E-state index in [9.17, 15) is 25.2 Å². The zero-order valence-corrected chi connectivity index (χ0v) is 25.5. The van der Waals surface area contributed by atoms with Crippen molar-refractivity contribution in [2.45, 2.75) is 89.0 Å². The minimum atomic E-state index is -1.03. The molecule has 0 fully saturated rings. The molecule has 2 aromatic rings. The number of aliphatic imine (C=N–C) groups is 1. The molecule has 5 rings (SSSR count). The van der Waals surface area contributed by atoms with Gasteiger partial charge >= 0.3 is 0 Å². The summed E-state index contributed by atoms with van der Waals surface area (Å²) < 4.78 is 6.35. The molecular weight excluding hydrogens is 572 g/mol. The first-order valence-electron chi connectivity index (χ1n) is 15.5. The van der Waals surface area contributed by atoms with E-state index in [0.29, 0.717) is 31.4 Å². The van der Waals surface area contributed by atoms with Crippen LogP contribution in [0.4, 0.5) is 0 Å². The number of nitrogens with two attached hydrogens (primary N) is 2. The number of ketones is 1. The Morgan fingerprint density at radius 3 is 2.78 bits per heavy atom. The van der Waals surface area contributed by atoms with Crippen LogP contribution in [0, 0.1) is 11.8 Å². The fourth-order valence-electron chi connectivity index (χ4n) is 5.94. The number of benzene rings is 2. The van der Waals surface area contributed by atoms with E-state index in [1.165, 1.54) is 6.07 Å². The van der Waals surface area contributed by atoms with E-state index >= 15 is 0 Å². The molecule has 0 spiro atoms. The quantitative estimate of drug-likeness (QED) is 0.155. The predicted molar refractivity (Wildman–Crippen MR) is 171 cm³/mol. The minimum Gasteiger partial charge on any atom is -0.504 e. The van der Waals surface area contributed by atoms with Gasteiger partial charge in [0.15, 0.2) is 17.7 Å². The number of hydrogen-bond donors (Lipinski definition) is 6. The van der Waals surface area contributed by atoms with E-state index in [2.05, 4.69) is 16.8 Å². The fraction of sp³-hybridized carbons (Fsp3) is 0.429. The smallest absolute Gasteiger partial charge is 0.183 e. The number of fused-ring (bicyclic) bond motifs is 2. The second kappa shape index (κ2) is 14.4. The van der Waals surface area contributed by atoms with Gasteiger partial charge in [-0.05, 0) is 65.6 Å². The van der Waals surface area contributed by atoms with Crippen LogP contribution < -0.4 is 16.2 Å². The first-order valence-corrected chi connectivity index (χ1v) is 15.5. The van der Waals surface area contributed by atoms with Crippen LogP contribution in [0.2, 0.25) is 0 Å². The molecule has 2 aromatic carbocycles. The Kier molecular flexibility index (Phi) is 10.4. The van der Waals surface area contributed by atoms with Gasteiger partial charge in [0.05, 0.1) is 30.5 Å². The Hall–Kier alpha value is -3.98. The number of ether oxygens (including phenoxy) is 1. The van der Waals surface area contributed by atoms with E-state index in [4.69, 9.17) is 16.2 Å². The summed E-state index contributed by atoms with van der Waals surface area (Å²) in [5.74, 6) is 6.13. The number of carbonyl (C=O) groups is 1. The number of phenols is 1. The van der Waals surface area contributed by atoms with Gasteiger partial charge in [0.1, 0.15) is 11.9 Å². The lowest BCUT2D eigenvalue weighted by Gasteiger charge is -2.28. The van der Waals surface area contributed by atoms with Crippen molar-refractivity contribution < 1.29 is 30.0 Å². The van der Waals surface area contributed by atoms with E-state index in [-0.39, 0.29) is 43.0 Å². The number of Topliss-reactive ketones (excluding diaryl/α,β-unsaturated/α-hetero) is 1. The highest BCUT2D eigenvalue weighted by atomic mass is 16.5. The van der Waals surface area contributed by atoms with Gasteiger partial charge in [0.25, 0.3) is 0 Å². The van der Waals surface area contributed by atoms with Crippen molar-refractivity contribution in [3.63, 3.8) is 0 Å². The lowest BCUT2D eigenvalue weighted by atomic mass is 9.92. The monoisotopic (exact) mass is 614 g/mol. The maximum absolute atomic E-state index is 12.5. The summed E-state index contributed by atoms with van der Waals surface area (Å²) in [6, 6.07) is 10.5. The highest BCUT2D eigenvalue weighted by Gasteiger charge is 2.31. The molecule has 0 saturated heterocycles. The molecule has 0 radical (unpaired) electrons. The first kappa shape index (κ1) is 32.4. The Labute approximate surface area is 263 Å². The predicted octanol–water partition coefficient (Wildman–Crippen LogP) is 3.04. The van der Waals surface area contributed by atoms with E-state index in [1.807, 2.05) is 36.4 Å². The number of aliphatic hydroxyl groups excluding tert-OH is 3. The van der Waals surface area contributed by atoms with Crippen molar-refractivity contribution in [2.75, 3.05) is 6.54 Å². The average molecular weight is 615 g/mol. The Morgan fingerprint density at radius 2 is 2.00 bits per heavy atom. The number of aliphatic hydroxyl groups is 3. The van der Waals surface area contributed by atoms with Crippen LogP contribution in [0.15, 0.2) is 64.4 Å². The highest BCUT2D eigenvalue weighted by molar-refractivity contribution is 5.87. The van der Waals surface area contributed by atoms with Crippen molar-refractivity contribution in [1.29, 1.82) is 0 Å². The van der Waals surface area contributed by atoms with Crippen LogP contribution in [0.5, 0.6) is 11.5 Å². The molecule has 8 N–H and O–H groups in total. The molecule has 4 unspecified atom stereocenters. The average Bonchev–Trinajstić information content (AvgIpc) is 3.58. The van der Waals surface area contributed by atoms with Gasteiger partial charge in [-0.3, -0.25) is 9.79 Å². The number of aromatic hydroxyl groups is 1. The SMILES string of the molecule is CCCC(O)CC(O)CC(=O)CCc1ccc(O)c(OC2CC#CC(O)c3ccc(C(N)N)cc3CC3=C4CN2C=C4N=C3)c1. The van der Waals surface area contributed by atoms with E-state index in [0.717, 1.165) is 40.0 Å². The highest BCUT2D eigenvalue weighted by Crippen LogP contribution is 2.36. The summed E-state index contributed by atoms with van der Waals surface area (Å²) in [6.45, 7) is 2.50. The third-order valence-electron chi connectivity index (χ3n) is 8.41. The molecule has 0 saturated carbocycles. The van der Waals surface area contributed by atoms with Crippen LogP contribution in [-0.2, 0) is 17.6 Å². The molecule has 3 heterocycles. The van der Waals surface area contributed by atoms with Crippen LogP contribution in [0.3, 0.4) is 0 Å². The maximum Gasteiger partial charge on any atom is 0.183 e. The molecule has 2 bridgehead atoms. The second-order valence-corrected chi connectivity index (χ2v) is 12.0. The minimum absolute atomic E-state index is 0.00897. The largest absolute Gasteiger partial charge is 0.504 e. The van der Waals surface area contributed by atoms with Crippen molar-refractivity contribution >= 4 is 12.0 Å². The number of nitrogens with zero attached hydrogens (tertiary/aromatic N) is 2. The molecular formula is C35H42N4O6. The molecule has 3 aliphatic heterocycles. The summed E-state index contributed by atoms with van der Waals surface area (Å²) in [4.78, 5) is 19.1. The molecule has 45 heavy (non-hydrogen) atoms. The first-order chi connectivity index (χ1) is 21.6. The number of hydrogen-bond acceptors (Lipinski definition) is 10. The number of phenolic OH excluding ortho intramolecular Hbond substituents is 1. The summed E-state index contributed by atoms with van der Waals surface area (Å²) in [7, 11) is 0. The van der Waals surface area contributed by atoms with E-state index < -0.39 is 30.7 Å². The summed E-state index contributed by atoms with van der Waals surface area (Å²) in [5.41, 5.74) is 17.9. The summed E-state index contributed by atoms with van der Waals surface area (Å²) >= 11 is 0. The molecule has 3 aliphatic rings. The lowest BCUT2D eigenvalue weighted by Crippen LogP contribution is -2.35. The standard InChI is InChI=1S/C35H42N4O6/c1-2-4-25(40)16-27(42)17-26(41)10-7-21-8-12-32(44)33(13-21)45-34-6-3-5-31(43)28-11-9-22(35(36)37)14-23(28)15-24-18-38-30-20-39(34)19-29(24)30/h8-9,11-14,18,20,25,27,31,34-35,40,42-44H,2,4,6-7,10,15-17,19,36-37H2,1H3. The van der Waals surface area contributed by atoms with Gasteiger partial charge in [-0.25, -0.2) is 0 Å². The number of carbonyl (C=O) groups excluding carboxylic acids is 1. The van der Waals surface area contributed by atoms with Crippen LogP contribution in [0.1, 0.15) is 80.0 Å². The molecule has 10 heteroatoms. The summed E-state index contributed by atoms with van der Waals surface area (Å²) in [5, 5.41) is 41.8. The van der Waals surface area contributed by atoms with Gasteiger partial charge in [-0.1, -0.05) is 49.5 Å². The Balaban J connectivity index is 1.32. The van der Waals surface area contributed by atoms with Gasteiger partial charge in [0, 0.05) is 37.4 Å². The van der Waals surface area contributed by atoms with Gasteiger partial charge in [-0.2, -0.15) is 0 Å².